The molecule has 1 atom stereocenters. The van der Waals surface area contributed by atoms with Crippen LogP contribution in [0.25, 0.3) is 6.08 Å². The molecule has 0 heteroatoms. The van der Waals surface area contributed by atoms with Gasteiger partial charge in [-0.25, -0.2) is 0 Å². The normalized spacial score (nSPS) is 13.1. The highest BCUT2D eigenvalue weighted by atomic mass is 14.2. The molecular formula is C18H20. The molecule has 0 nitrogen and oxygen atoms in total. The van der Waals surface area contributed by atoms with Crippen molar-refractivity contribution in [3.63, 3.8) is 0 Å². The van der Waals surface area contributed by atoms with Gasteiger partial charge in [0.2, 0.25) is 0 Å². The fourth-order valence-corrected chi connectivity index (χ4v) is 2.17. The lowest BCUT2D eigenvalue weighted by Crippen LogP contribution is -2.03. The SMILES string of the molecule is CC(C)C(/C=C/c1ccccc1)c1ccccc1. The van der Waals surface area contributed by atoms with E-state index < -0.39 is 0 Å². The Morgan fingerprint density at radius 2 is 1.33 bits per heavy atom. The van der Waals surface area contributed by atoms with Crippen LogP contribution in [-0.2, 0) is 0 Å². The number of hydrogen-bond donors (Lipinski definition) is 0. The predicted molar refractivity (Wildman–Crippen MR) is 79.5 cm³/mol. The highest BCUT2D eigenvalue weighted by Crippen LogP contribution is 2.26. The molecule has 92 valence electrons. The number of benzene rings is 2. The molecule has 0 aliphatic heterocycles. The summed E-state index contributed by atoms with van der Waals surface area (Å²) in [5, 5.41) is 0. The highest BCUT2D eigenvalue weighted by Gasteiger charge is 2.11. The third kappa shape index (κ3) is 3.33. The van der Waals surface area contributed by atoms with Crippen LogP contribution < -0.4 is 0 Å². The number of rotatable bonds is 4. The van der Waals surface area contributed by atoms with Gasteiger partial charge in [0.1, 0.15) is 0 Å². The Morgan fingerprint density at radius 1 is 0.778 bits per heavy atom. The van der Waals surface area contributed by atoms with Crippen LogP contribution in [0.3, 0.4) is 0 Å². The first-order valence-corrected chi connectivity index (χ1v) is 6.55. The van der Waals surface area contributed by atoms with Crippen LogP contribution >= 0.6 is 0 Å². The Bertz CT molecular complexity index is 480. The number of hydrogen-bond acceptors (Lipinski definition) is 0. The Morgan fingerprint density at radius 3 is 1.89 bits per heavy atom. The van der Waals surface area contributed by atoms with Crippen molar-refractivity contribution >= 4 is 6.08 Å². The Kier molecular flexibility index (Phi) is 4.35. The summed E-state index contributed by atoms with van der Waals surface area (Å²) in [5.74, 6) is 1.08. The highest BCUT2D eigenvalue weighted by molar-refractivity contribution is 5.50. The van der Waals surface area contributed by atoms with E-state index in [0.29, 0.717) is 11.8 Å². The molecule has 1 unspecified atom stereocenters. The molecule has 0 aromatic heterocycles. The zero-order valence-electron chi connectivity index (χ0n) is 11.1. The topological polar surface area (TPSA) is 0 Å². The molecule has 0 saturated carbocycles. The van der Waals surface area contributed by atoms with E-state index in [9.17, 15) is 0 Å². The maximum atomic E-state index is 2.31. The van der Waals surface area contributed by atoms with E-state index in [1.165, 1.54) is 11.1 Å². The average molecular weight is 236 g/mol. The van der Waals surface area contributed by atoms with E-state index in [-0.39, 0.29) is 0 Å². The molecule has 2 aromatic rings. The maximum absolute atomic E-state index is 2.31. The molecule has 0 aliphatic rings. The summed E-state index contributed by atoms with van der Waals surface area (Å²) in [5.41, 5.74) is 2.65. The van der Waals surface area contributed by atoms with Crippen LogP contribution in [0.2, 0.25) is 0 Å². The molecule has 2 aromatic carbocycles. The van der Waals surface area contributed by atoms with Crippen molar-refractivity contribution in [1.82, 2.24) is 0 Å². The molecule has 0 spiro atoms. The predicted octanol–water partition coefficient (Wildman–Crippen LogP) is 5.14. The minimum absolute atomic E-state index is 0.478. The van der Waals surface area contributed by atoms with E-state index in [1.54, 1.807) is 0 Å². The van der Waals surface area contributed by atoms with Gasteiger partial charge in [-0.2, -0.15) is 0 Å². The molecule has 0 radical (unpaired) electrons. The minimum Gasteiger partial charge on any atom is -0.0762 e. The minimum atomic E-state index is 0.478. The van der Waals surface area contributed by atoms with Crippen molar-refractivity contribution in [2.75, 3.05) is 0 Å². The van der Waals surface area contributed by atoms with Crippen molar-refractivity contribution < 1.29 is 0 Å². The number of allylic oxidation sites excluding steroid dienone is 1. The molecule has 0 saturated heterocycles. The van der Waals surface area contributed by atoms with Gasteiger partial charge >= 0.3 is 0 Å². The molecule has 0 heterocycles. The largest absolute Gasteiger partial charge is 0.0762 e. The first-order chi connectivity index (χ1) is 8.77. The fourth-order valence-electron chi connectivity index (χ4n) is 2.17. The molecule has 0 amide bonds. The van der Waals surface area contributed by atoms with E-state index in [0.717, 1.165) is 0 Å². The summed E-state index contributed by atoms with van der Waals surface area (Å²) in [7, 11) is 0. The van der Waals surface area contributed by atoms with Crippen molar-refractivity contribution in [1.29, 1.82) is 0 Å². The van der Waals surface area contributed by atoms with Crippen LogP contribution in [0.5, 0.6) is 0 Å². The zero-order valence-corrected chi connectivity index (χ0v) is 11.1. The van der Waals surface area contributed by atoms with Gasteiger partial charge in [-0.15, -0.1) is 0 Å². The average Bonchev–Trinajstić information content (AvgIpc) is 2.41. The summed E-state index contributed by atoms with van der Waals surface area (Å²) < 4.78 is 0. The zero-order chi connectivity index (χ0) is 12.8. The van der Waals surface area contributed by atoms with Gasteiger partial charge in [-0.3, -0.25) is 0 Å². The lowest BCUT2D eigenvalue weighted by atomic mass is 9.88. The van der Waals surface area contributed by atoms with Crippen molar-refractivity contribution in [2.24, 2.45) is 5.92 Å². The molecule has 0 bridgehead atoms. The van der Waals surface area contributed by atoms with Crippen molar-refractivity contribution in [3.8, 4) is 0 Å². The van der Waals surface area contributed by atoms with Gasteiger partial charge in [0, 0.05) is 5.92 Å². The quantitative estimate of drug-likeness (QED) is 0.689. The van der Waals surface area contributed by atoms with Gasteiger partial charge in [-0.05, 0) is 17.0 Å². The summed E-state index contributed by atoms with van der Waals surface area (Å²) in [6.07, 6.45) is 4.53. The van der Waals surface area contributed by atoms with Crippen LogP contribution in [0.1, 0.15) is 30.9 Å². The van der Waals surface area contributed by atoms with Crippen molar-refractivity contribution in [3.05, 3.63) is 77.9 Å². The molecule has 2 rings (SSSR count). The summed E-state index contributed by atoms with van der Waals surface area (Å²) in [6.45, 7) is 4.54. The molecule has 0 aliphatic carbocycles. The lowest BCUT2D eigenvalue weighted by molar-refractivity contribution is 0.580. The Hall–Kier alpha value is -1.82. The Labute approximate surface area is 110 Å². The molecule has 0 N–H and O–H groups in total. The molecular weight excluding hydrogens is 216 g/mol. The van der Waals surface area contributed by atoms with Gasteiger partial charge in [-0.1, -0.05) is 86.7 Å². The van der Waals surface area contributed by atoms with Gasteiger partial charge < -0.3 is 0 Å². The summed E-state index contributed by atoms with van der Waals surface area (Å²) >= 11 is 0. The van der Waals surface area contributed by atoms with Gasteiger partial charge in [0.15, 0.2) is 0 Å². The second-order valence-electron chi connectivity index (χ2n) is 4.95. The summed E-state index contributed by atoms with van der Waals surface area (Å²) in [6, 6.07) is 21.2. The summed E-state index contributed by atoms with van der Waals surface area (Å²) in [4.78, 5) is 0. The Balaban J connectivity index is 2.20. The molecule has 18 heavy (non-hydrogen) atoms. The second kappa shape index (κ2) is 6.20. The lowest BCUT2D eigenvalue weighted by Gasteiger charge is -2.17. The maximum Gasteiger partial charge on any atom is 0.00443 e. The van der Waals surface area contributed by atoms with E-state index in [1.807, 2.05) is 0 Å². The van der Waals surface area contributed by atoms with Crippen LogP contribution in [-0.4, -0.2) is 0 Å². The van der Waals surface area contributed by atoms with Crippen LogP contribution in [0, 0.1) is 5.92 Å². The fraction of sp³-hybridized carbons (Fsp3) is 0.222. The van der Waals surface area contributed by atoms with E-state index in [4.69, 9.17) is 0 Å². The first-order valence-electron chi connectivity index (χ1n) is 6.55. The van der Waals surface area contributed by atoms with Crippen molar-refractivity contribution in [2.45, 2.75) is 19.8 Å². The van der Waals surface area contributed by atoms with E-state index in [2.05, 4.69) is 86.7 Å². The van der Waals surface area contributed by atoms with Crippen LogP contribution in [0.15, 0.2) is 66.7 Å². The molecule has 0 fully saturated rings. The van der Waals surface area contributed by atoms with Crippen LogP contribution in [0.4, 0.5) is 0 Å². The third-order valence-corrected chi connectivity index (χ3v) is 3.20. The second-order valence-corrected chi connectivity index (χ2v) is 4.95. The first kappa shape index (κ1) is 12.6. The third-order valence-electron chi connectivity index (χ3n) is 3.20. The van der Waals surface area contributed by atoms with E-state index >= 15 is 0 Å². The van der Waals surface area contributed by atoms with Gasteiger partial charge in [0.25, 0.3) is 0 Å². The van der Waals surface area contributed by atoms with Gasteiger partial charge in [0.05, 0.1) is 0 Å². The standard InChI is InChI=1S/C18H20/c1-15(2)18(17-11-7-4-8-12-17)14-13-16-9-5-3-6-10-16/h3-15,18H,1-2H3/b14-13+. The monoisotopic (exact) mass is 236 g/mol. The smallest absolute Gasteiger partial charge is 0.00443 e.